The molecule has 26 heavy (non-hydrogen) atoms. The van der Waals surface area contributed by atoms with E-state index in [0.717, 1.165) is 0 Å². The van der Waals surface area contributed by atoms with Crippen LogP contribution in [0.25, 0.3) is 0 Å². The minimum atomic E-state index is -1.14. The fraction of sp³-hybridized carbons (Fsp3) is 0.333. The normalized spacial score (nSPS) is 12.3. The van der Waals surface area contributed by atoms with Crippen LogP contribution in [0.1, 0.15) is 38.1 Å². The lowest BCUT2D eigenvalue weighted by Crippen LogP contribution is -2.34. The lowest BCUT2D eigenvalue weighted by atomic mass is 9.96. The topological polar surface area (TPSA) is 108 Å². The van der Waals surface area contributed by atoms with Gasteiger partial charge in [-0.2, -0.15) is 0 Å². The molecule has 0 aliphatic rings. The molecule has 138 valence electrons. The molecule has 8 heteroatoms. The highest BCUT2D eigenvalue weighted by atomic mass is 32.1. The summed E-state index contributed by atoms with van der Waals surface area (Å²) in [4.78, 5) is 39.8. The first-order chi connectivity index (χ1) is 12.2. The van der Waals surface area contributed by atoms with E-state index in [1.54, 1.807) is 56.5 Å². The van der Waals surface area contributed by atoms with Crippen LogP contribution in [0.4, 0.5) is 5.13 Å². The zero-order valence-corrected chi connectivity index (χ0v) is 15.6. The minimum Gasteiger partial charge on any atom is -0.479 e. The summed E-state index contributed by atoms with van der Waals surface area (Å²) in [6.07, 6.45) is -0.0709. The Morgan fingerprint density at radius 2 is 1.85 bits per heavy atom. The average Bonchev–Trinajstić information content (AvgIpc) is 2.99. The Balaban J connectivity index is 1.99. The van der Waals surface area contributed by atoms with Gasteiger partial charge in [-0.25, -0.2) is 9.78 Å². The van der Waals surface area contributed by atoms with Crippen LogP contribution in [-0.4, -0.2) is 27.9 Å². The molecule has 0 bridgehead atoms. The van der Waals surface area contributed by atoms with Crippen molar-refractivity contribution in [3.05, 3.63) is 47.0 Å². The fourth-order valence-corrected chi connectivity index (χ4v) is 2.75. The molecule has 1 heterocycles. The summed E-state index contributed by atoms with van der Waals surface area (Å²) < 4.78 is 0. The van der Waals surface area contributed by atoms with Crippen LogP contribution in [0.5, 0.6) is 0 Å². The van der Waals surface area contributed by atoms with Gasteiger partial charge in [0.05, 0.1) is 12.1 Å². The first kappa shape index (κ1) is 19.6. The van der Waals surface area contributed by atoms with Crippen molar-refractivity contribution in [1.82, 2.24) is 10.3 Å². The van der Waals surface area contributed by atoms with Gasteiger partial charge in [-0.3, -0.25) is 9.59 Å². The second-order valence-corrected chi connectivity index (χ2v) is 7.63. The Bertz CT molecular complexity index is 796. The molecule has 1 aromatic heterocycles. The van der Waals surface area contributed by atoms with Gasteiger partial charge >= 0.3 is 5.97 Å². The summed E-state index contributed by atoms with van der Waals surface area (Å²) in [6.45, 7) is 5.37. The van der Waals surface area contributed by atoms with Crippen LogP contribution in [0, 0.1) is 5.41 Å². The van der Waals surface area contributed by atoms with Crippen molar-refractivity contribution in [3.8, 4) is 0 Å². The zero-order chi connectivity index (χ0) is 19.3. The standard InChI is InChI=1S/C18H21N3O4S/c1-18(2,3)16(25)21-17-19-12(10-26-17)9-13(22)20-14(15(23)24)11-7-5-4-6-8-11/h4-8,10,14H,9H2,1-3H3,(H,20,22)(H,23,24)(H,19,21,25)/t14-/m1/s1. The van der Waals surface area contributed by atoms with E-state index < -0.39 is 23.3 Å². The fourth-order valence-electron chi connectivity index (χ4n) is 2.04. The number of benzene rings is 1. The molecule has 0 saturated heterocycles. The van der Waals surface area contributed by atoms with E-state index in [0.29, 0.717) is 16.4 Å². The lowest BCUT2D eigenvalue weighted by Gasteiger charge is -2.16. The van der Waals surface area contributed by atoms with Crippen molar-refractivity contribution in [1.29, 1.82) is 0 Å². The van der Waals surface area contributed by atoms with E-state index in [1.807, 2.05) is 0 Å². The Morgan fingerprint density at radius 1 is 1.19 bits per heavy atom. The predicted molar refractivity (Wildman–Crippen MR) is 98.9 cm³/mol. The summed E-state index contributed by atoms with van der Waals surface area (Å²) >= 11 is 1.22. The molecule has 3 N–H and O–H groups in total. The van der Waals surface area contributed by atoms with Crippen LogP contribution in [0.2, 0.25) is 0 Å². The summed E-state index contributed by atoms with van der Waals surface area (Å²) in [5.41, 5.74) is 0.409. The Hall–Kier alpha value is -2.74. The molecule has 0 fully saturated rings. The minimum absolute atomic E-state index is 0.0709. The molecular weight excluding hydrogens is 354 g/mol. The van der Waals surface area contributed by atoms with E-state index in [9.17, 15) is 19.5 Å². The molecular formula is C18H21N3O4S. The Morgan fingerprint density at radius 3 is 2.42 bits per heavy atom. The largest absolute Gasteiger partial charge is 0.479 e. The zero-order valence-electron chi connectivity index (χ0n) is 14.8. The molecule has 1 aromatic carbocycles. The number of carbonyl (C=O) groups excluding carboxylic acids is 2. The highest BCUT2D eigenvalue weighted by Crippen LogP contribution is 2.21. The van der Waals surface area contributed by atoms with Crippen molar-refractivity contribution in [2.45, 2.75) is 33.2 Å². The molecule has 0 aliphatic heterocycles. The van der Waals surface area contributed by atoms with Gasteiger partial charge in [0, 0.05) is 10.8 Å². The number of carboxylic acids is 1. The van der Waals surface area contributed by atoms with E-state index in [-0.39, 0.29) is 12.3 Å². The van der Waals surface area contributed by atoms with Gasteiger partial charge in [-0.15, -0.1) is 11.3 Å². The first-order valence-corrected chi connectivity index (χ1v) is 8.88. The molecule has 1 atom stereocenters. The molecule has 2 amide bonds. The van der Waals surface area contributed by atoms with E-state index in [1.165, 1.54) is 11.3 Å². The quantitative estimate of drug-likeness (QED) is 0.719. The number of aliphatic carboxylic acids is 1. The SMILES string of the molecule is CC(C)(C)C(=O)Nc1nc(CC(=O)N[C@@H](C(=O)O)c2ccccc2)cs1. The number of thiazole rings is 1. The molecule has 0 spiro atoms. The van der Waals surface area contributed by atoms with Crippen LogP contribution in [0.3, 0.4) is 0 Å². The second-order valence-electron chi connectivity index (χ2n) is 6.77. The third-order valence-corrected chi connectivity index (χ3v) is 4.29. The third kappa shape index (κ3) is 5.38. The number of anilines is 1. The van der Waals surface area contributed by atoms with Gasteiger partial charge in [0.2, 0.25) is 11.8 Å². The highest BCUT2D eigenvalue weighted by molar-refractivity contribution is 7.13. The Kier molecular flexibility index (Phi) is 6.10. The van der Waals surface area contributed by atoms with Gasteiger partial charge < -0.3 is 15.7 Å². The van der Waals surface area contributed by atoms with Gasteiger partial charge in [0.25, 0.3) is 0 Å². The predicted octanol–water partition coefficient (Wildman–Crippen LogP) is 2.61. The average molecular weight is 375 g/mol. The van der Waals surface area contributed by atoms with E-state index >= 15 is 0 Å². The summed E-state index contributed by atoms with van der Waals surface area (Å²) in [5, 5.41) is 16.6. The number of hydrogen-bond donors (Lipinski definition) is 3. The number of hydrogen-bond acceptors (Lipinski definition) is 5. The molecule has 0 saturated carbocycles. The number of carbonyl (C=O) groups is 3. The number of amides is 2. The highest BCUT2D eigenvalue weighted by Gasteiger charge is 2.24. The van der Waals surface area contributed by atoms with Crippen LogP contribution >= 0.6 is 11.3 Å². The van der Waals surface area contributed by atoms with Gasteiger partial charge in [-0.05, 0) is 5.56 Å². The van der Waals surface area contributed by atoms with Crippen molar-refractivity contribution in [2.24, 2.45) is 5.41 Å². The second kappa shape index (κ2) is 8.09. The van der Waals surface area contributed by atoms with Gasteiger partial charge in [-0.1, -0.05) is 51.1 Å². The van der Waals surface area contributed by atoms with Crippen molar-refractivity contribution in [2.75, 3.05) is 5.32 Å². The molecule has 7 nitrogen and oxygen atoms in total. The van der Waals surface area contributed by atoms with E-state index in [2.05, 4.69) is 15.6 Å². The van der Waals surface area contributed by atoms with Crippen LogP contribution in [-0.2, 0) is 20.8 Å². The molecule has 0 radical (unpaired) electrons. The van der Waals surface area contributed by atoms with Crippen molar-refractivity contribution < 1.29 is 19.5 Å². The summed E-state index contributed by atoms with van der Waals surface area (Å²) in [6, 6.07) is 7.35. The maximum absolute atomic E-state index is 12.2. The van der Waals surface area contributed by atoms with Crippen molar-refractivity contribution >= 4 is 34.3 Å². The maximum Gasteiger partial charge on any atom is 0.330 e. The maximum atomic E-state index is 12.2. The summed E-state index contributed by atoms with van der Waals surface area (Å²) in [7, 11) is 0. The smallest absolute Gasteiger partial charge is 0.330 e. The lowest BCUT2D eigenvalue weighted by molar-refractivity contribution is -0.142. The van der Waals surface area contributed by atoms with Gasteiger partial charge in [0.1, 0.15) is 0 Å². The van der Waals surface area contributed by atoms with E-state index in [4.69, 9.17) is 0 Å². The Labute approximate surface area is 155 Å². The van der Waals surface area contributed by atoms with Crippen LogP contribution in [0.15, 0.2) is 35.7 Å². The molecule has 0 aliphatic carbocycles. The first-order valence-electron chi connectivity index (χ1n) is 8.00. The number of rotatable bonds is 6. The number of nitrogens with zero attached hydrogens (tertiary/aromatic N) is 1. The number of nitrogens with one attached hydrogen (secondary N) is 2. The number of carboxylic acid groups (broad SMARTS) is 1. The molecule has 0 unspecified atom stereocenters. The third-order valence-electron chi connectivity index (χ3n) is 3.48. The van der Waals surface area contributed by atoms with Crippen molar-refractivity contribution in [3.63, 3.8) is 0 Å². The molecule has 2 aromatic rings. The number of aromatic nitrogens is 1. The molecule has 2 rings (SSSR count). The monoisotopic (exact) mass is 375 g/mol. The van der Waals surface area contributed by atoms with Gasteiger partial charge in [0.15, 0.2) is 11.2 Å². The van der Waals surface area contributed by atoms with Crippen LogP contribution < -0.4 is 10.6 Å². The summed E-state index contributed by atoms with van der Waals surface area (Å²) in [5.74, 6) is -1.76.